The Morgan fingerprint density at radius 1 is 1.56 bits per heavy atom. The third-order valence-corrected chi connectivity index (χ3v) is 2.95. The van der Waals surface area contributed by atoms with Gasteiger partial charge in [0.15, 0.2) is 0 Å². The van der Waals surface area contributed by atoms with E-state index in [4.69, 9.17) is 4.74 Å². The van der Waals surface area contributed by atoms with E-state index < -0.39 is 0 Å². The molecule has 1 N–H and O–H groups in total. The fourth-order valence-electron chi connectivity index (χ4n) is 1.97. The van der Waals surface area contributed by atoms with Crippen molar-refractivity contribution in [3.05, 3.63) is 18.5 Å². The Morgan fingerprint density at radius 2 is 2.44 bits per heavy atom. The third-order valence-electron chi connectivity index (χ3n) is 2.95. The van der Waals surface area contributed by atoms with Gasteiger partial charge in [-0.3, -0.25) is 4.98 Å². The van der Waals surface area contributed by atoms with Gasteiger partial charge in [0.1, 0.15) is 0 Å². The summed E-state index contributed by atoms with van der Waals surface area (Å²) in [7, 11) is 3.99. The van der Waals surface area contributed by atoms with Gasteiger partial charge in [-0.2, -0.15) is 0 Å². The van der Waals surface area contributed by atoms with Crippen molar-refractivity contribution in [2.75, 3.05) is 37.5 Å². The molecule has 1 unspecified atom stereocenters. The van der Waals surface area contributed by atoms with Crippen LogP contribution >= 0.6 is 0 Å². The zero-order chi connectivity index (χ0) is 11.4. The molecule has 16 heavy (non-hydrogen) atoms. The Balaban J connectivity index is 1.98. The van der Waals surface area contributed by atoms with Crippen molar-refractivity contribution in [3.63, 3.8) is 0 Å². The van der Waals surface area contributed by atoms with Gasteiger partial charge >= 0.3 is 0 Å². The lowest BCUT2D eigenvalue weighted by Gasteiger charge is -2.22. The summed E-state index contributed by atoms with van der Waals surface area (Å²) in [5.41, 5.74) is 2.17. The van der Waals surface area contributed by atoms with Crippen LogP contribution in [-0.2, 0) is 4.74 Å². The van der Waals surface area contributed by atoms with Crippen molar-refractivity contribution in [2.24, 2.45) is 0 Å². The van der Waals surface area contributed by atoms with Gasteiger partial charge in [-0.25, -0.2) is 0 Å². The second-order valence-electron chi connectivity index (χ2n) is 4.20. The second kappa shape index (κ2) is 5.16. The molecule has 0 saturated carbocycles. The lowest BCUT2D eigenvalue weighted by molar-refractivity contribution is 0.116. The zero-order valence-corrected chi connectivity index (χ0v) is 9.94. The van der Waals surface area contributed by atoms with Crippen LogP contribution in [0.25, 0.3) is 0 Å². The predicted octanol–water partition coefficient (Wildman–Crippen LogP) is 1.74. The summed E-state index contributed by atoms with van der Waals surface area (Å²) in [5.74, 6) is 0. The monoisotopic (exact) mass is 221 g/mol. The number of likely N-dealkylation sites (N-methyl/N-ethyl adjacent to an activating group) is 1. The molecule has 0 spiro atoms. The first-order chi connectivity index (χ1) is 7.79. The average molecular weight is 221 g/mol. The summed E-state index contributed by atoms with van der Waals surface area (Å²) < 4.78 is 5.62. The molecule has 0 aliphatic carbocycles. The number of rotatable bonds is 4. The maximum Gasteiger partial charge on any atom is 0.0750 e. The van der Waals surface area contributed by atoms with Gasteiger partial charge in [0.2, 0.25) is 0 Å². The quantitative estimate of drug-likeness (QED) is 0.840. The van der Waals surface area contributed by atoms with E-state index in [1.165, 1.54) is 12.8 Å². The van der Waals surface area contributed by atoms with Gasteiger partial charge in [-0.05, 0) is 18.9 Å². The van der Waals surface area contributed by atoms with Gasteiger partial charge in [-0.15, -0.1) is 0 Å². The number of aromatic nitrogens is 1. The third kappa shape index (κ3) is 2.64. The number of ether oxygens (including phenoxy) is 1. The molecule has 4 heteroatoms. The minimum atomic E-state index is 0.378. The van der Waals surface area contributed by atoms with E-state index in [9.17, 15) is 0 Å². The summed E-state index contributed by atoms with van der Waals surface area (Å²) in [6, 6.07) is 2.10. The molecule has 2 rings (SSSR count). The Morgan fingerprint density at radius 3 is 3.12 bits per heavy atom. The molecule has 2 heterocycles. The van der Waals surface area contributed by atoms with E-state index in [-0.39, 0.29) is 0 Å². The van der Waals surface area contributed by atoms with Crippen LogP contribution in [0.1, 0.15) is 12.8 Å². The van der Waals surface area contributed by atoms with E-state index in [1.807, 2.05) is 19.4 Å². The number of nitrogens with one attached hydrogen (secondary N) is 1. The van der Waals surface area contributed by atoms with Crippen LogP contribution in [0.2, 0.25) is 0 Å². The molecular formula is C12H19N3O. The first kappa shape index (κ1) is 11.2. The summed E-state index contributed by atoms with van der Waals surface area (Å²) in [6.07, 6.45) is 6.44. The lowest BCUT2D eigenvalue weighted by atomic mass is 10.2. The number of nitrogens with zero attached hydrogens (tertiary/aromatic N) is 2. The van der Waals surface area contributed by atoms with Gasteiger partial charge < -0.3 is 15.0 Å². The van der Waals surface area contributed by atoms with Crippen molar-refractivity contribution in [2.45, 2.75) is 18.9 Å². The highest BCUT2D eigenvalue weighted by molar-refractivity contribution is 5.54. The Bertz CT molecular complexity index is 337. The molecule has 1 saturated heterocycles. The van der Waals surface area contributed by atoms with E-state index >= 15 is 0 Å². The number of pyridine rings is 1. The van der Waals surface area contributed by atoms with Crippen LogP contribution in [0.5, 0.6) is 0 Å². The van der Waals surface area contributed by atoms with E-state index in [0.29, 0.717) is 6.10 Å². The molecule has 4 nitrogen and oxygen atoms in total. The highest BCUT2D eigenvalue weighted by atomic mass is 16.5. The first-order valence-corrected chi connectivity index (χ1v) is 5.75. The van der Waals surface area contributed by atoms with Crippen LogP contribution in [0.3, 0.4) is 0 Å². The van der Waals surface area contributed by atoms with Crippen molar-refractivity contribution < 1.29 is 4.74 Å². The molecule has 1 fully saturated rings. The normalized spacial score (nSPS) is 19.8. The zero-order valence-electron chi connectivity index (χ0n) is 9.94. The Hall–Kier alpha value is -1.29. The van der Waals surface area contributed by atoms with Crippen molar-refractivity contribution in [1.82, 2.24) is 4.98 Å². The minimum absolute atomic E-state index is 0.378. The van der Waals surface area contributed by atoms with Crippen molar-refractivity contribution >= 4 is 11.4 Å². The largest absolute Gasteiger partial charge is 0.387 e. The average Bonchev–Trinajstić information content (AvgIpc) is 2.82. The minimum Gasteiger partial charge on any atom is -0.387 e. The molecule has 0 amide bonds. The molecule has 0 aromatic carbocycles. The van der Waals surface area contributed by atoms with Crippen molar-refractivity contribution in [3.8, 4) is 0 Å². The predicted molar refractivity (Wildman–Crippen MR) is 66.0 cm³/mol. The summed E-state index contributed by atoms with van der Waals surface area (Å²) >= 11 is 0. The smallest absolute Gasteiger partial charge is 0.0750 e. The van der Waals surface area contributed by atoms with Crippen LogP contribution in [0.15, 0.2) is 18.5 Å². The molecule has 1 aromatic rings. The van der Waals surface area contributed by atoms with Crippen LogP contribution < -0.4 is 10.2 Å². The summed E-state index contributed by atoms with van der Waals surface area (Å²) in [4.78, 5) is 6.40. The number of hydrogen-bond acceptors (Lipinski definition) is 4. The Labute approximate surface area is 96.6 Å². The van der Waals surface area contributed by atoms with Crippen LogP contribution in [0.4, 0.5) is 11.4 Å². The lowest BCUT2D eigenvalue weighted by Crippen LogP contribution is -2.28. The standard InChI is InChI=1S/C12H19N3O/c1-13-10-6-11(8-14-7-10)15(2)9-12-4-3-5-16-12/h6-8,12-13H,3-5,9H2,1-2H3. The molecule has 88 valence electrons. The molecule has 1 aromatic heterocycles. The topological polar surface area (TPSA) is 37.4 Å². The highest BCUT2D eigenvalue weighted by Gasteiger charge is 2.17. The fraction of sp³-hybridized carbons (Fsp3) is 0.583. The second-order valence-corrected chi connectivity index (χ2v) is 4.20. The van der Waals surface area contributed by atoms with Gasteiger partial charge in [0.25, 0.3) is 0 Å². The fourth-order valence-corrected chi connectivity index (χ4v) is 1.97. The molecular weight excluding hydrogens is 202 g/mol. The van der Waals surface area contributed by atoms with E-state index in [1.54, 1.807) is 0 Å². The van der Waals surface area contributed by atoms with Gasteiger partial charge in [0.05, 0.1) is 29.9 Å². The van der Waals surface area contributed by atoms with Crippen LogP contribution in [0, 0.1) is 0 Å². The highest BCUT2D eigenvalue weighted by Crippen LogP contribution is 2.19. The molecule has 0 radical (unpaired) electrons. The van der Waals surface area contributed by atoms with Gasteiger partial charge in [-0.1, -0.05) is 0 Å². The molecule has 1 atom stereocenters. The SMILES string of the molecule is CNc1cncc(N(C)CC2CCCO2)c1. The maximum absolute atomic E-state index is 5.62. The van der Waals surface area contributed by atoms with Gasteiger partial charge in [0, 0.05) is 27.2 Å². The Kier molecular flexibility index (Phi) is 3.62. The number of hydrogen-bond donors (Lipinski definition) is 1. The summed E-state index contributed by atoms with van der Waals surface area (Å²) in [6.45, 7) is 1.85. The van der Waals surface area contributed by atoms with E-state index in [2.05, 4.69) is 28.3 Å². The molecule has 1 aliphatic heterocycles. The molecule has 1 aliphatic rings. The first-order valence-electron chi connectivity index (χ1n) is 5.75. The maximum atomic E-state index is 5.62. The van der Waals surface area contributed by atoms with Crippen molar-refractivity contribution in [1.29, 1.82) is 0 Å². The van der Waals surface area contributed by atoms with E-state index in [0.717, 1.165) is 24.5 Å². The van der Waals surface area contributed by atoms with Crippen LogP contribution in [-0.4, -0.2) is 38.3 Å². The molecule has 0 bridgehead atoms. The number of anilines is 2. The summed E-state index contributed by atoms with van der Waals surface area (Å²) in [5, 5.41) is 3.10.